The molecule has 30 heavy (non-hydrogen) atoms. The molecule has 1 N–H and O–H groups in total. The summed E-state index contributed by atoms with van der Waals surface area (Å²) in [6.45, 7) is 6.92. The van der Waals surface area contributed by atoms with Gasteiger partial charge in [0.15, 0.2) is 0 Å². The van der Waals surface area contributed by atoms with Crippen LogP contribution in [0.25, 0.3) is 0 Å². The summed E-state index contributed by atoms with van der Waals surface area (Å²) < 4.78 is 2.01. The maximum atomic E-state index is 12.7. The van der Waals surface area contributed by atoms with Crippen molar-refractivity contribution >= 4 is 5.91 Å². The number of piperidine rings is 1. The van der Waals surface area contributed by atoms with Crippen LogP contribution in [0.3, 0.4) is 0 Å². The summed E-state index contributed by atoms with van der Waals surface area (Å²) in [5, 5.41) is 3.09. The monoisotopic (exact) mass is 402 g/mol. The van der Waals surface area contributed by atoms with Crippen molar-refractivity contribution in [1.29, 1.82) is 0 Å². The predicted molar refractivity (Wildman–Crippen MR) is 119 cm³/mol. The van der Waals surface area contributed by atoms with Gasteiger partial charge in [0, 0.05) is 44.1 Å². The Morgan fingerprint density at radius 3 is 2.63 bits per heavy atom. The van der Waals surface area contributed by atoms with E-state index in [1.54, 1.807) is 12.5 Å². The third kappa shape index (κ3) is 5.36. The van der Waals surface area contributed by atoms with Gasteiger partial charge in [-0.2, -0.15) is 0 Å². The van der Waals surface area contributed by atoms with E-state index in [1.165, 1.54) is 24.0 Å². The van der Waals surface area contributed by atoms with E-state index in [0.29, 0.717) is 12.1 Å². The third-order valence-corrected chi connectivity index (χ3v) is 5.83. The van der Waals surface area contributed by atoms with Crippen LogP contribution in [0.1, 0.15) is 46.8 Å². The number of carbonyl (C=O) groups is 1. The Balaban J connectivity index is 1.34. The van der Waals surface area contributed by atoms with Crippen LogP contribution in [0.15, 0.2) is 67.3 Å². The maximum Gasteiger partial charge on any atom is 0.251 e. The topological polar surface area (TPSA) is 50.2 Å². The fourth-order valence-corrected chi connectivity index (χ4v) is 4.19. The van der Waals surface area contributed by atoms with Crippen LogP contribution in [0.5, 0.6) is 0 Å². The summed E-state index contributed by atoms with van der Waals surface area (Å²) in [6, 6.07) is 16.2. The van der Waals surface area contributed by atoms with Gasteiger partial charge in [0.2, 0.25) is 0 Å². The smallest absolute Gasteiger partial charge is 0.251 e. The van der Waals surface area contributed by atoms with Crippen LogP contribution < -0.4 is 5.32 Å². The number of aromatic nitrogens is 2. The first-order valence-corrected chi connectivity index (χ1v) is 10.8. The van der Waals surface area contributed by atoms with Crippen LogP contribution in [0.4, 0.5) is 0 Å². The van der Waals surface area contributed by atoms with Crippen molar-refractivity contribution < 1.29 is 4.79 Å². The van der Waals surface area contributed by atoms with Crippen LogP contribution in [-0.2, 0) is 19.6 Å². The van der Waals surface area contributed by atoms with Gasteiger partial charge in [-0.3, -0.25) is 9.69 Å². The number of nitrogens with zero attached hydrogens (tertiary/aromatic N) is 3. The fourth-order valence-electron chi connectivity index (χ4n) is 4.19. The zero-order valence-corrected chi connectivity index (χ0v) is 17.6. The Kier molecular flexibility index (Phi) is 6.60. The molecule has 0 saturated carbocycles. The van der Waals surface area contributed by atoms with E-state index in [0.717, 1.165) is 37.7 Å². The number of benzene rings is 2. The highest BCUT2D eigenvalue weighted by atomic mass is 16.1. The molecule has 3 aromatic rings. The van der Waals surface area contributed by atoms with Crippen LogP contribution >= 0.6 is 0 Å². The molecule has 0 aliphatic carbocycles. The number of hydrogen-bond donors (Lipinski definition) is 1. The van der Waals surface area contributed by atoms with E-state index < -0.39 is 0 Å². The molecule has 0 bridgehead atoms. The van der Waals surface area contributed by atoms with E-state index >= 15 is 0 Å². The Bertz CT molecular complexity index is 950. The molecule has 4 rings (SSSR count). The summed E-state index contributed by atoms with van der Waals surface area (Å²) in [7, 11) is 0. The van der Waals surface area contributed by atoms with Crippen molar-refractivity contribution in [3.05, 3.63) is 89.5 Å². The van der Waals surface area contributed by atoms with Gasteiger partial charge >= 0.3 is 0 Å². The maximum absolute atomic E-state index is 12.7. The molecule has 5 heteroatoms. The van der Waals surface area contributed by atoms with Gasteiger partial charge in [0.05, 0.1) is 6.33 Å². The summed E-state index contributed by atoms with van der Waals surface area (Å²) >= 11 is 0. The average Bonchev–Trinajstić information content (AvgIpc) is 3.26. The zero-order valence-electron chi connectivity index (χ0n) is 17.6. The number of amides is 1. The molecule has 1 aliphatic heterocycles. The number of carbonyl (C=O) groups excluding carboxylic acids is 1. The van der Waals surface area contributed by atoms with Gasteiger partial charge < -0.3 is 9.88 Å². The van der Waals surface area contributed by atoms with E-state index in [9.17, 15) is 4.79 Å². The second-order valence-corrected chi connectivity index (χ2v) is 8.37. The SMILES string of the molecule is CC1CCCN(Cc2ccccc2CNC(=O)c2ccc(Cn3ccnc3)cc2)C1. The number of hydrogen-bond acceptors (Lipinski definition) is 3. The Labute approximate surface area is 178 Å². The van der Waals surface area contributed by atoms with Gasteiger partial charge in [-0.05, 0) is 54.1 Å². The lowest BCUT2D eigenvalue weighted by molar-refractivity contribution is 0.0950. The normalized spacial score (nSPS) is 17.0. The molecule has 1 fully saturated rings. The van der Waals surface area contributed by atoms with Gasteiger partial charge in [-0.15, -0.1) is 0 Å². The second-order valence-electron chi connectivity index (χ2n) is 8.37. The van der Waals surface area contributed by atoms with Crippen LogP contribution in [0, 0.1) is 5.92 Å². The largest absolute Gasteiger partial charge is 0.348 e. The minimum absolute atomic E-state index is 0.0365. The molecule has 1 unspecified atom stereocenters. The van der Waals surface area contributed by atoms with Gasteiger partial charge in [-0.25, -0.2) is 4.98 Å². The highest BCUT2D eigenvalue weighted by Crippen LogP contribution is 2.19. The lowest BCUT2D eigenvalue weighted by Crippen LogP contribution is -2.34. The minimum Gasteiger partial charge on any atom is -0.348 e. The molecule has 0 spiro atoms. The van der Waals surface area contributed by atoms with E-state index in [2.05, 4.69) is 46.4 Å². The average molecular weight is 403 g/mol. The molecule has 156 valence electrons. The van der Waals surface area contributed by atoms with E-state index in [1.807, 2.05) is 35.0 Å². The number of nitrogens with one attached hydrogen (secondary N) is 1. The van der Waals surface area contributed by atoms with Crippen molar-refractivity contribution in [2.45, 2.75) is 39.4 Å². The quantitative estimate of drug-likeness (QED) is 0.647. The standard InChI is InChI=1S/C25H30N4O/c1-20-5-4-13-28(16-20)18-24-7-3-2-6-23(24)15-27-25(30)22-10-8-21(9-11-22)17-29-14-12-26-19-29/h2-3,6-12,14,19-20H,4-5,13,15-18H2,1H3,(H,27,30). The fraction of sp³-hybridized carbons (Fsp3) is 0.360. The molecule has 1 aliphatic rings. The first kappa shape index (κ1) is 20.4. The number of imidazole rings is 1. The molecule has 5 nitrogen and oxygen atoms in total. The van der Waals surface area contributed by atoms with E-state index in [-0.39, 0.29) is 5.91 Å². The molecule has 1 atom stereocenters. The summed E-state index contributed by atoms with van der Waals surface area (Å²) in [6.07, 6.45) is 8.10. The molecule has 2 heterocycles. The Hall–Kier alpha value is -2.92. The highest BCUT2D eigenvalue weighted by molar-refractivity contribution is 5.94. The molecule has 2 aromatic carbocycles. The van der Waals surface area contributed by atoms with Crippen LogP contribution in [-0.4, -0.2) is 33.4 Å². The zero-order chi connectivity index (χ0) is 20.8. The molecular weight excluding hydrogens is 372 g/mol. The number of likely N-dealkylation sites (tertiary alicyclic amines) is 1. The molecular formula is C25H30N4O. The van der Waals surface area contributed by atoms with Crippen molar-refractivity contribution in [2.24, 2.45) is 5.92 Å². The molecule has 1 amide bonds. The van der Waals surface area contributed by atoms with Crippen molar-refractivity contribution in [3.8, 4) is 0 Å². The van der Waals surface area contributed by atoms with Crippen molar-refractivity contribution in [1.82, 2.24) is 19.8 Å². The van der Waals surface area contributed by atoms with Gasteiger partial charge in [-0.1, -0.05) is 43.3 Å². The lowest BCUT2D eigenvalue weighted by atomic mass is 9.99. The van der Waals surface area contributed by atoms with E-state index in [4.69, 9.17) is 0 Å². The first-order chi connectivity index (χ1) is 14.7. The summed E-state index contributed by atoms with van der Waals surface area (Å²) in [5.74, 6) is 0.730. The first-order valence-electron chi connectivity index (χ1n) is 10.8. The van der Waals surface area contributed by atoms with Gasteiger partial charge in [0.1, 0.15) is 0 Å². The number of rotatable bonds is 7. The minimum atomic E-state index is -0.0365. The summed E-state index contributed by atoms with van der Waals surface area (Å²) in [5.41, 5.74) is 4.33. The lowest BCUT2D eigenvalue weighted by Gasteiger charge is -2.31. The van der Waals surface area contributed by atoms with Gasteiger partial charge in [0.25, 0.3) is 5.91 Å². The Morgan fingerprint density at radius 2 is 1.90 bits per heavy atom. The van der Waals surface area contributed by atoms with Crippen molar-refractivity contribution in [3.63, 3.8) is 0 Å². The highest BCUT2D eigenvalue weighted by Gasteiger charge is 2.17. The molecule has 0 radical (unpaired) electrons. The third-order valence-electron chi connectivity index (χ3n) is 5.83. The second kappa shape index (κ2) is 9.72. The predicted octanol–water partition coefficient (Wildman–Crippen LogP) is 4.09. The van der Waals surface area contributed by atoms with Crippen molar-refractivity contribution in [2.75, 3.05) is 13.1 Å². The molecule has 1 saturated heterocycles. The Morgan fingerprint density at radius 1 is 1.10 bits per heavy atom. The van der Waals surface area contributed by atoms with Crippen LogP contribution in [0.2, 0.25) is 0 Å². The summed E-state index contributed by atoms with van der Waals surface area (Å²) in [4.78, 5) is 19.2. The molecule has 1 aromatic heterocycles.